The summed E-state index contributed by atoms with van der Waals surface area (Å²) in [6, 6.07) is 10.5. The first-order valence-electron chi connectivity index (χ1n) is 9.08. The lowest BCUT2D eigenvalue weighted by Gasteiger charge is -2.32. The van der Waals surface area contributed by atoms with Gasteiger partial charge in [0.2, 0.25) is 0 Å². The maximum absolute atomic E-state index is 13.0. The van der Waals surface area contributed by atoms with Crippen LogP contribution in [0.5, 0.6) is 0 Å². The zero-order valence-electron chi connectivity index (χ0n) is 15.1. The average molecular weight is 376 g/mol. The van der Waals surface area contributed by atoms with E-state index in [1.165, 1.54) is 0 Å². The second-order valence-corrected chi connectivity index (χ2v) is 6.87. The molecule has 6 nitrogen and oxygen atoms in total. The maximum atomic E-state index is 13.0. The third-order valence-corrected chi connectivity index (χ3v) is 5.36. The number of nitrogens with one attached hydrogen (secondary N) is 1. The summed E-state index contributed by atoms with van der Waals surface area (Å²) >= 11 is 0. The van der Waals surface area contributed by atoms with E-state index in [-0.39, 0.29) is 18.3 Å². The highest BCUT2D eigenvalue weighted by atomic mass is 35.5. The number of carbonyl (C=O) groups is 1. The first-order chi connectivity index (χ1) is 12.2. The molecule has 26 heavy (non-hydrogen) atoms. The largest absolute Gasteiger partial charge is 0.337 e. The number of hydrogen-bond acceptors (Lipinski definition) is 4. The minimum Gasteiger partial charge on any atom is -0.337 e. The van der Waals surface area contributed by atoms with Crippen molar-refractivity contribution in [1.82, 2.24) is 24.9 Å². The van der Waals surface area contributed by atoms with Crippen LogP contribution in [-0.2, 0) is 0 Å². The van der Waals surface area contributed by atoms with Crippen molar-refractivity contribution in [2.24, 2.45) is 0 Å². The predicted octanol–water partition coefficient (Wildman–Crippen LogP) is 1.72. The summed E-state index contributed by atoms with van der Waals surface area (Å²) < 4.78 is 1.84. The minimum atomic E-state index is 0. The van der Waals surface area contributed by atoms with Gasteiger partial charge in [-0.05, 0) is 25.5 Å². The molecule has 3 heterocycles. The van der Waals surface area contributed by atoms with E-state index in [2.05, 4.69) is 15.3 Å². The van der Waals surface area contributed by atoms with Crippen molar-refractivity contribution in [3.05, 3.63) is 47.8 Å². The van der Waals surface area contributed by atoms with Gasteiger partial charge in [0, 0.05) is 45.3 Å². The van der Waals surface area contributed by atoms with Crippen molar-refractivity contribution < 1.29 is 4.79 Å². The topological polar surface area (TPSA) is 53.4 Å². The Kier molecular flexibility index (Phi) is 5.96. The van der Waals surface area contributed by atoms with Gasteiger partial charge in [-0.3, -0.25) is 9.69 Å². The molecule has 140 valence electrons. The monoisotopic (exact) mass is 375 g/mol. The maximum Gasteiger partial charge on any atom is 0.257 e. The van der Waals surface area contributed by atoms with Gasteiger partial charge in [-0.15, -0.1) is 12.4 Å². The van der Waals surface area contributed by atoms with E-state index in [1.54, 1.807) is 6.20 Å². The summed E-state index contributed by atoms with van der Waals surface area (Å²) in [6.07, 6.45) is 2.78. The lowest BCUT2D eigenvalue weighted by molar-refractivity contribution is 0.0772. The fourth-order valence-electron chi connectivity index (χ4n) is 3.89. The van der Waals surface area contributed by atoms with Crippen LogP contribution in [0.1, 0.15) is 22.5 Å². The molecular formula is C19H26ClN5O. The van der Waals surface area contributed by atoms with Crippen molar-refractivity contribution in [2.45, 2.75) is 19.4 Å². The molecule has 1 atom stereocenters. The predicted molar refractivity (Wildman–Crippen MR) is 104 cm³/mol. The van der Waals surface area contributed by atoms with Crippen LogP contribution in [0.4, 0.5) is 0 Å². The molecular weight excluding hydrogens is 350 g/mol. The Balaban J connectivity index is 0.00000196. The summed E-state index contributed by atoms with van der Waals surface area (Å²) in [4.78, 5) is 17.5. The van der Waals surface area contributed by atoms with Crippen LogP contribution in [-0.4, -0.2) is 70.8 Å². The Morgan fingerprint density at radius 1 is 1.15 bits per heavy atom. The van der Waals surface area contributed by atoms with E-state index in [9.17, 15) is 4.79 Å². The van der Waals surface area contributed by atoms with Crippen LogP contribution in [0.15, 0.2) is 36.5 Å². The molecule has 2 aromatic rings. The lowest BCUT2D eigenvalue weighted by Crippen LogP contribution is -2.49. The van der Waals surface area contributed by atoms with Gasteiger partial charge in [0.25, 0.3) is 5.91 Å². The van der Waals surface area contributed by atoms with E-state index >= 15 is 0 Å². The number of hydrogen-bond donors (Lipinski definition) is 1. The number of piperazine rings is 1. The molecule has 4 rings (SSSR count). The number of halogens is 1. The molecule has 1 unspecified atom stereocenters. The van der Waals surface area contributed by atoms with Crippen molar-refractivity contribution in [3.8, 4) is 5.69 Å². The minimum absolute atomic E-state index is 0. The normalized spacial score (nSPS) is 20.8. The van der Waals surface area contributed by atoms with E-state index in [1.807, 2.05) is 46.8 Å². The number of rotatable bonds is 3. The quantitative estimate of drug-likeness (QED) is 0.887. The second kappa shape index (κ2) is 8.20. The highest BCUT2D eigenvalue weighted by Crippen LogP contribution is 2.21. The molecule has 2 fully saturated rings. The first-order valence-corrected chi connectivity index (χ1v) is 9.08. The summed E-state index contributed by atoms with van der Waals surface area (Å²) in [7, 11) is 0. The molecule has 1 aromatic heterocycles. The molecule has 0 saturated carbocycles. The molecule has 1 aromatic carbocycles. The molecule has 7 heteroatoms. The fourth-order valence-corrected chi connectivity index (χ4v) is 3.89. The average Bonchev–Trinajstić information content (AvgIpc) is 3.30. The summed E-state index contributed by atoms with van der Waals surface area (Å²) in [5.74, 6) is 0.109. The highest BCUT2D eigenvalue weighted by molar-refractivity contribution is 5.95. The van der Waals surface area contributed by atoms with Crippen LogP contribution < -0.4 is 5.32 Å². The van der Waals surface area contributed by atoms with Crippen LogP contribution in [0, 0.1) is 6.92 Å². The van der Waals surface area contributed by atoms with E-state index in [4.69, 9.17) is 0 Å². The SMILES string of the molecule is Cc1c(C(=O)N2CCC(N3CCNCC3)C2)cnn1-c1ccccc1.Cl. The van der Waals surface area contributed by atoms with Gasteiger partial charge >= 0.3 is 0 Å². The van der Waals surface area contributed by atoms with Gasteiger partial charge in [-0.25, -0.2) is 4.68 Å². The van der Waals surface area contributed by atoms with Gasteiger partial charge in [-0.1, -0.05) is 18.2 Å². The highest BCUT2D eigenvalue weighted by Gasteiger charge is 2.32. The van der Waals surface area contributed by atoms with Gasteiger partial charge in [0.1, 0.15) is 0 Å². The third kappa shape index (κ3) is 3.63. The number of aromatic nitrogens is 2. The lowest BCUT2D eigenvalue weighted by atomic mass is 10.2. The van der Waals surface area contributed by atoms with Gasteiger partial charge in [0.05, 0.1) is 23.1 Å². The molecule has 0 radical (unpaired) electrons. The first kappa shape index (κ1) is 18.9. The van der Waals surface area contributed by atoms with Crippen molar-refractivity contribution in [1.29, 1.82) is 0 Å². The molecule has 0 bridgehead atoms. The zero-order chi connectivity index (χ0) is 17.2. The van der Waals surface area contributed by atoms with E-state index in [0.717, 1.165) is 57.1 Å². The van der Waals surface area contributed by atoms with Crippen molar-refractivity contribution in [3.63, 3.8) is 0 Å². The van der Waals surface area contributed by atoms with Gasteiger partial charge in [-0.2, -0.15) is 5.10 Å². The Morgan fingerprint density at radius 2 is 1.88 bits per heavy atom. The van der Waals surface area contributed by atoms with Gasteiger partial charge < -0.3 is 10.2 Å². The van der Waals surface area contributed by atoms with Gasteiger partial charge in [0.15, 0.2) is 0 Å². The Morgan fingerprint density at radius 3 is 2.62 bits per heavy atom. The standard InChI is InChI=1S/C19H25N5O.ClH/c1-15-18(13-21-24(15)16-5-3-2-4-6-16)19(25)23-10-7-17(14-23)22-11-8-20-9-12-22;/h2-6,13,17,20H,7-12,14H2,1H3;1H. The van der Waals surface area contributed by atoms with Crippen LogP contribution >= 0.6 is 12.4 Å². The summed E-state index contributed by atoms with van der Waals surface area (Å²) in [6.45, 7) is 7.89. The number of benzene rings is 1. The number of para-hydroxylation sites is 1. The van der Waals surface area contributed by atoms with Crippen LogP contribution in [0.25, 0.3) is 5.69 Å². The third-order valence-electron chi connectivity index (χ3n) is 5.36. The molecule has 2 aliphatic heterocycles. The smallest absolute Gasteiger partial charge is 0.257 e. The second-order valence-electron chi connectivity index (χ2n) is 6.87. The zero-order valence-corrected chi connectivity index (χ0v) is 15.9. The molecule has 2 aliphatic rings. The Bertz CT molecular complexity index is 742. The molecule has 1 N–H and O–H groups in total. The number of amides is 1. The van der Waals surface area contributed by atoms with Crippen LogP contribution in [0.3, 0.4) is 0 Å². The van der Waals surface area contributed by atoms with E-state index in [0.29, 0.717) is 11.6 Å². The number of nitrogens with zero attached hydrogens (tertiary/aromatic N) is 4. The Labute approximate surface area is 160 Å². The molecule has 0 spiro atoms. The molecule has 1 amide bonds. The molecule has 0 aliphatic carbocycles. The molecule has 2 saturated heterocycles. The number of carbonyl (C=O) groups excluding carboxylic acids is 1. The van der Waals surface area contributed by atoms with Crippen molar-refractivity contribution >= 4 is 18.3 Å². The number of likely N-dealkylation sites (tertiary alicyclic amines) is 1. The van der Waals surface area contributed by atoms with E-state index < -0.39 is 0 Å². The van der Waals surface area contributed by atoms with Crippen LogP contribution in [0.2, 0.25) is 0 Å². The fraction of sp³-hybridized carbons (Fsp3) is 0.474. The summed E-state index contributed by atoms with van der Waals surface area (Å²) in [5, 5.41) is 7.83. The summed E-state index contributed by atoms with van der Waals surface area (Å²) in [5.41, 5.74) is 2.60. The van der Waals surface area contributed by atoms with Crippen molar-refractivity contribution in [2.75, 3.05) is 39.3 Å². The Hall–Kier alpha value is -1.89.